The van der Waals surface area contributed by atoms with Crippen LogP contribution in [-0.2, 0) is 0 Å². The standard InChI is InChI=1S/C32H24N2/c1-3-7-27(8-4-1)29-15-19-31(20-16-29)33-23-25-11-13-26(14-12-25)24-34-32-21-17-30(18-22-32)28-9-5-2-6-10-28/h1-24H. The molecule has 2 heteroatoms. The van der Waals surface area contributed by atoms with Gasteiger partial charge in [0.2, 0.25) is 0 Å². The molecule has 0 unspecified atom stereocenters. The predicted octanol–water partition coefficient (Wildman–Crippen LogP) is 8.52. The summed E-state index contributed by atoms with van der Waals surface area (Å²) in [5.41, 5.74) is 8.78. The van der Waals surface area contributed by atoms with E-state index in [1.54, 1.807) is 0 Å². The summed E-state index contributed by atoms with van der Waals surface area (Å²) in [5, 5.41) is 0. The molecule has 0 amide bonds. The fourth-order valence-electron chi connectivity index (χ4n) is 3.71. The normalized spacial score (nSPS) is 11.3. The van der Waals surface area contributed by atoms with E-state index in [2.05, 4.69) is 107 Å². The lowest BCUT2D eigenvalue weighted by Crippen LogP contribution is -1.84. The summed E-state index contributed by atoms with van der Waals surface area (Å²) in [6.07, 6.45) is 3.78. The zero-order valence-electron chi connectivity index (χ0n) is 18.8. The summed E-state index contributed by atoms with van der Waals surface area (Å²) in [5.74, 6) is 0. The Bertz CT molecular complexity index is 1270. The SMILES string of the molecule is C(=Nc1ccc(-c2ccccc2)cc1)c1ccc(C=Nc2ccc(-c3ccccc3)cc2)cc1. The molecule has 0 aliphatic carbocycles. The maximum atomic E-state index is 4.61. The van der Waals surface area contributed by atoms with E-state index in [9.17, 15) is 0 Å². The van der Waals surface area contributed by atoms with E-state index in [-0.39, 0.29) is 0 Å². The topological polar surface area (TPSA) is 24.7 Å². The zero-order valence-corrected chi connectivity index (χ0v) is 18.8. The number of hydrogen-bond donors (Lipinski definition) is 0. The molecule has 0 aliphatic heterocycles. The number of benzene rings is 5. The third kappa shape index (κ3) is 5.43. The molecule has 0 saturated heterocycles. The molecule has 0 N–H and O–H groups in total. The summed E-state index contributed by atoms with van der Waals surface area (Å²) >= 11 is 0. The third-order valence-corrected chi connectivity index (χ3v) is 5.61. The molecule has 5 aromatic carbocycles. The van der Waals surface area contributed by atoms with Gasteiger partial charge in [-0.1, -0.05) is 109 Å². The Hall–Kier alpha value is -4.56. The highest BCUT2D eigenvalue weighted by Crippen LogP contribution is 2.23. The molecule has 162 valence electrons. The minimum absolute atomic E-state index is 0.935. The Kier molecular flexibility index (Phi) is 6.50. The van der Waals surface area contributed by atoms with Crippen molar-refractivity contribution in [2.75, 3.05) is 0 Å². The van der Waals surface area contributed by atoms with Crippen molar-refractivity contribution in [2.24, 2.45) is 9.98 Å². The molecule has 34 heavy (non-hydrogen) atoms. The van der Waals surface area contributed by atoms with Gasteiger partial charge < -0.3 is 0 Å². The fourth-order valence-corrected chi connectivity index (χ4v) is 3.71. The highest BCUT2D eigenvalue weighted by atomic mass is 14.7. The second-order valence-corrected chi connectivity index (χ2v) is 8.01. The second kappa shape index (κ2) is 10.4. The first-order chi connectivity index (χ1) is 16.8. The van der Waals surface area contributed by atoms with Gasteiger partial charge in [0, 0.05) is 12.4 Å². The van der Waals surface area contributed by atoms with Gasteiger partial charge in [-0.2, -0.15) is 0 Å². The van der Waals surface area contributed by atoms with Crippen molar-refractivity contribution in [3.8, 4) is 22.3 Å². The zero-order chi connectivity index (χ0) is 23.0. The smallest absolute Gasteiger partial charge is 0.0630 e. The van der Waals surface area contributed by atoms with Crippen molar-refractivity contribution in [3.63, 3.8) is 0 Å². The molecular weight excluding hydrogens is 412 g/mol. The van der Waals surface area contributed by atoms with Gasteiger partial charge in [0.1, 0.15) is 0 Å². The summed E-state index contributed by atoms with van der Waals surface area (Å²) in [4.78, 5) is 9.22. The highest BCUT2D eigenvalue weighted by molar-refractivity contribution is 5.86. The van der Waals surface area contributed by atoms with Crippen LogP contribution in [0, 0.1) is 0 Å². The van der Waals surface area contributed by atoms with Gasteiger partial charge in [0.05, 0.1) is 11.4 Å². The van der Waals surface area contributed by atoms with Crippen molar-refractivity contribution in [1.29, 1.82) is 0 Å². The lowest BCUT2D eigenvalue weighted by atomic mass is 10.1. The maximum Gasteiger partial charge on any atom is 0.0630 e. The number of rotatable bonds is 6. The molecule has 5 rings (SSSR count). The summed E-state index contributed by atoms with van der Waals surface area (Å²) in [7, 11) is 0. The quantitative estimate of drug-likeness (QED) is 0.238. The minimum atomic E-state index is 0.935. The van der Waals surface area contributed by atoms with Crippen molar-refractivity contribution < 1.29 is 0 Å². The van der Waals surface area contributed by atoms with E-state index in [1.807, 2.05) is 48.8 Å². The number of nitrogens with zero attached hydrogens (tertiary/aromatic N) is 2. The highest BCUT2D eigenvalue weighted by Gasteiger charge is 1.98. The molecule has 2 nitrogen and oxygen atoms in total. The van der Waals surface area contributed by atoms with E-state index >= 15 is 0 Å². The molecule has 0 atom stereocenters. The molecule has 0 spiro atoms. The number of hydrogen-bond acceptors (Lipinski definition) is 2. The van der Waals surface area contributed by atoms with Crippen LogP contribution in [-0.4, -0.2) is 12.4 Å². The van der Waals surface area contributed by atoms with E-state index in [0.29, 0.717) is 0 Å². The Labute approximate surface area is 200 Å². The van der Waals surface area contributed by atoms with E-state index in [1.165, 1.54) is 22.3 Å². The van der Waals surface area contributed by atoms with Gasteiger partial charge in [-0.25, -0.2) is 0 Å². The molecule has 0 heterocycles. The van der Waals surface area contributed by atoms with Crippen molar-refractivity contribution in [3.05, 3.63) is 145 Å². The molecule has 0 aliphatic rings. The molecular formula is C32H24N2. The summed E-state index contributed by atoms with van der Waals surface area (Å²) < 4.78 is 0. The van der Waals surface area contributed by atoms with E-state index < -0.39 is 0 Å². The first-order valence-electron chi connectivity index (χ1n) is 11.3. The Morgan fingerprint density at radius 2 is 0.647 bits per heavy atom. The third-order valence-electron chi connectivity index (χ3n) is 5.61. The Balaban J connectivity index is 1.21. The first-order valence-corrected chi connectivity index (χ1v) is 11.3. The van der Waals surface area contributed by atoms with Gasteiger partial charge in [0.15, 0.2) is 0 Å². The monoisotopic (exact) mass is 436 g/mol. The number of aliphatic imine (C=N–C) groups is 2. The lowest BCUT2D eigenvalue weighted by molar-refractivity contribution is 1.50. The summed E-state index contributed by atoms with van der Waals surface area (Å²) in [6.45, 7) is 0. The molecule has 0 fully saturated rings. The Morgan fingerprint density at radius 1 is 0.324 bits per heavy atom. The second-order valence-electron chi connectivity index (χ2n) is 8.01. The van der Waals surface area contributed by atoms with Crippen LogP contribution in [0.1, 0.15) is 11.1 Å². The van der Waals surface area contributed by atoms with Gasteiger partial charge in [0.25, 0.3) is 0 Å². The van der Waals surface area contributed by atoms with Gasteiger partial charge in [-0.3, -0.25) is 9.98 Å². The van der Waals surface area contributed by atoms with Crippen LogP contribution in [0.4, 0.5) is 11.4 Å². The van der Waals surface area contributed by atoms with Crippen molar-refractivity contribution >= 4 is 23.8 Å². The van der Waals surface area contributed by atoms with Crippen LogP contribution in [0.5, 0.6) is 0 Å². The molecule has 5 aromatic rings. The van der Waals surface area contributed by atoms with Crippen LogP contribution >= 0.6 is 0 Å². The lowest BCUT2D eigenvalue weighted by Gasteiger charge is -2.02. The van der Waals surface area contributed by atoms with Crippen LogP contribution < -0.4 is 0 Å². The predicted molar refractivity (Wildman–Crippen MR) is 145 cm³/mol. The fraction of sp³-hybridized carbons (Fsp3) is 0. The molecule has 0 radical (unpaired) electrons. The van der Waals surface area contributed by atoms with Crippen molar-refractivity contribution in [1.82, 2.24) is 0 Å². The molecule has 0 saturated carbocycles. The van der Waals surface area contributed by atoms with Gasteiger partial charge in [-0.15, -0.1) is 0 Å². The van der Waals surface area contributed by atoms with Crippen LogP contribution in [0.15, 0.2) is 143 Å². The van der Waals surface area contributed by atoms with Gasteiger partial charge >= 0.3 is 0 Å². The average molecular weight is 437 g/mol. The van der Waals surface area contributed by atoms with Gasteiger partial charge in [-0.05, 0) is 57.6 Å². The maximum absolute atomic E-state index is 4.61. The molecule has 0 bridgehead atoms. The van der Waals surface area contributed by atoms with Crippen LogP contribution in [0.3, 0.4) is 0 Å². The summed E-state index contributed by atoms with van der Waals surface area (Å²) in [6, 6.07) is 45.6. The Morgan fingerprint density at radius 3 is 1.00 bits per heavy atom. The molecule has 0 aromatic heterocycles. The largest absolute Gasteiger partial charge is 0.256 e. The van der Waals surface area contributed by atoms with E-state index in [4.69, 9.17) is 0 Å². The average Bonchev–Trinajstić information content (AvgIpc) is 2.93. The minimum Gasteiger partial charge on any atom is -0.256 e. The van der Waals surface area contributed by atoms with E-state index in [0.717, 1.165) is 22.5 Å². The van der Waals surface area contributed by atoms with Crippen LogP contribution in [0.2, 0.25) is 0 Å². The van der Waals surface area contributed by atoms with Crippen molar-refractivity contribution in [2.45, 2.75) is 0 Å². The first kappa shape index (κ1) is 21.3. The van der Waals surface area contributed by atoms with Crippen LogP contribution in [0.25, 0.3) is 22.3 Å².